The summed E-state index contributed by atoms with van der Waals surface area (Å²) in [7, 11) is -2.25. The van der Waals surface area contributed by atoms with Gasteiger partial charge in [0.05, 0.1) is 30.3 Å². The molecule has 0 radical (unpaired) electrons. The average molecular weight is 685 g/mol. The number of carbonyl (C=O) groups excluding carboxylic acids is 1. The fourth-order valence-electron chi connectivity index (χ4n) is 7.40. The second-order valence-electron chi connectivity index (χ2n) is 14.0. The Hall–Kier alpha value is -2.59. The Morgan fingerprint density at radius 2 is 1.89 bits per heavy atom. The lowest BCUT2D eigenvalue weighted by Crippen LogP contribution is -2.44. The highest BCUT2D eigenvalue weighted by Crippen LogP contribution is 2.42. The van der Waals surface area contributed by atoms with E-state index < -0.39 is 21.2 Å². The molecule has 2 aromatic carbocycles. The molecule has 10 heteroatoms. The fourth-order valence-corrected chi connectivity index (χ4v) is 9.37. The number of rotatable bonds is 6. The van der Waals surface area contributed by atoms with Crippen molar-refractivity contribution in [2.24, 2.45) is 23.7 Å². The van der Waals surface area contributed by atoms with E-state index in [0.717, 1.165) is 74.3 Å². The van der Waals surface area contributed by atoms with Gasteiger partial charge in [-0.1, -0.05) is 49.6 Å². The summed E-state index contributed by atoms with van der Waals surface area (Å²) in [5.41, 5.74) is 3.42. The molecule has 1 unspecified atom stereocenters. The number of benzene rings is 2. The summed E-state index contributed by atoms with van der Waals surface area (Å²) < 4.78 is 48.4. The molecule has 0 saturated heterocycles. The number of sulfonamides is 1. The first-order valence-electron chi connectivity index (χ1n) is 17.3. The van der Waals surface area contributed by atoms with Gasteiger partial charge in [0.1, 0.15) is 12.4 Å². The molecule has 256 valence electrons. The third-order valence-electron chi connectivity index (χ3n) is 10.6. The summed E-state index contributed by atoms with van der Waals surface area (Å²) in [6.45, 7) is 4.96. The number of anilines is 1. The van der Waals surface area contributed by atoms with Gasteiger partial charge in [-0.15, -0.1) is 0 Å². The first-order valence-corrected chi connectivity index (χ1v) is 19.3. The molecule has 2 aromatic rings. The van der Waals surface area contributed by atoms with Crippen molar-refractivity contribution in [3.63, 3.8) is 0 Å². The number of nitrogens with zero attached hydrogens (tertiary/aromatic N) is 1. The van der Waals surface area contributed by atoms with Crippen LogP contribution in [0.4, 0.5) is 5.69 Å². The number of nitrogens with one attached hydrogen (secondary N) is 1. The Morgan fingerprint density at radius 3 is 2.66 bits per heavy atom. The molecule has 2 bridgehead atoms. The Bertz CT molecular complexity index is 1540. The van der Waals surface area contributed by atoms with Gasteiger partial charge in [0.15, 0.2) is 0 Å². The number of halogens is 1. The predicted octanol–water partition coefficient (Wildman–Crippen LogP) is 6.94. The van der Waals surface area contributed by atoms with Crippen molar-refractivity contribution in [3.05, 3.63) is 70.3 Å². The highest BCUT2D eigenvalue weighted by molar-refractivity contribution is 7.90. The van der Waals surface area contributed by atoms with Gasteiger partial charge in [-0.3, -0.25) is 4.79 Å². The van der Waals surface area contributed by atoms with E-state index in [2.05, 4.69) is 21.8 Å². The van der Waals surface area contributed by atoms with E-state index in [1.165, 1.54) is 5.56 Å². The van der Waals surface area contributed by atoms with Crippen LogP contribution in [-0.2, 0) is 32.5 Å². The van der Waals surface area contributed by atoms with E-state index in [9.17, 15) is 13.2 Å². The molecule has 6 rings (SSSR count). The van der Waals surface area contributed by atoms with Crippen LogP contribution >= 0.6 is 11.6 Å². The van der Waals surface area contributed by atoms with Crippen molar-refractivity contribution >= 4 is 33.2 Å². The first kappa shape index (κ1) is 34.3. The van der Waals surface area contributed by atoms with Crippen molar-refractivity contribution in [1.29, 1.82) is 0 Å². The minimum atomic E-state index is -3.93. The van der Waals surface area contributed by atoms with Crippen LogP contribution in [0.3, 0.4) is 0 Å². The van der Waals surface area contributed by atoms with Gasteiger partial charge < -0.3 is 19.1 Å². The Morgan fingerprint density at radius 1 is 1.04 bits per heavy atom. The molecular weight excluding hydrogens is 636 g/mol. The number of allylic oxidation sites excluding steroid dienone is 1. The van der Waals surface area contributed by atoms with Crippen LogP contribution in [0, 0.1) is 23.7 Å². The zero-order chi connectivity index (χ0) is 33.0. The van der Waals surface area contributed by atoms with Crippen molar-refractivity contribution in [2.75, 3.05) is 38.3 Å². The van der Waals surface area contributed by atoms with Crippen LogP contribution in [0.25, 0.3) is 0 Å². The molecule has 0 aromatic heterocycles. The van der Waals surface area contributed by atoms with Crippen LogP contribution in [0.2, 0.25) is 5.02 Å². The van der Waals surface area contributed by atoms with Gasteiger partial charge in [0, 0.05) is 30.8 Å². The Labute approximate surface area is 285 Å². The number of ether oxygens (including phenoxy) is 3. The lowest BCUT2D eigenvalue weighted by Gasteiger charge is -2.44. The second kappa shape index (κ2) is 15.3. The van der Waals surface area contributed by atoms with Gasteiger partial charge >= 0.3 is 0 Å². The molecule has 4 aliphatic rings. The maximum atomic E-state index is 13.8. The third kappa shape index (κ3) is 8.53. The molecule has 1 N–H and O–H groups in total. The molecule has 2 heterocycles. The quantitative estimate of drug-likeness (QED) is 0.260. The minimum Gasteiger partial charge on any atom is -0.487 e. The van der Waals surface area contributed by atoms with E-state index in [1.807, 2.05) is 37.3 Å². The van der Waals surface area contributed by atoms with Crippen molar-refractivity contribution in [3.8, 4) is 5.75 Å². The van der Waals surface area contributed by atoms with E-state index in [1.54, 1.807) is 13.2 Å². The molecule has 8 nitrogen and oxygen atoms in total. The molecular formula is C37H49ClN2O6S. The zero-order valence-corrected chi connectivity index (χ0v) is 29.2. The molecule has 47 heavy (non-hydrogen) atoms. The number of methoxy groups -OCH3 is 1. The van der Waals surface area contributed by atoms with Gasteiger partial charge in [-0.05, 0) is 110 Å². The predicted molar refractivity (Wildman–Crippen MR) is 186 cm³/mol. The van der Waals surface area contributed by atoms with Crippen LogP contribution in [-0.4, -0.2) is 59.1 Å². The third-order valence-corrected chi connectivity index (χ3v) is 12.7. The number of hydrogen-bond acceptors (Lipinski definition) is 7. The van der Waals surface area contributed by atoms with E-state index >= 15 is 0 Å². The molecule has 2 aliphatic heterocycles. The molecule has 2 fully saturated rings. The molecule has 0 spiro atoms. The smallest absolute Gasteiger partial charge is 0.264 e. The van der Waals surface area contributed by atoms with Gasteiger partial charge in [0.2, 0.25) is 10.0 Å². The van der Waals surface area contributed by atoms with Gasteiger partial charge in [-0.2, -0.15) is 0 Å². The number of carbonyl (C=O) groups is 1. The zero-order valence-electron chi connectivity index (χ0n) is 27.7. The summed E-state index contributed by atoms with van der Waals surface area (Å²) in [6.07, 6.45) is 12.4. The topological polar surface area (TPSA) is 94.2 Å². The van der Waals surface area contributed by atoms with Gasteiger partial charge in [0.25, 0.3) is 5.91 Å². The normalized spacial score (nSPS) is 28.8. The van der Waals surface area contributed by atoms with Crippen molar-refractivity contribution < 1.29 is 27.4 Å². The van der Waals surface area contributed by atoms with E-state index in [0.29, 0.717) is 61.7 Å². The van der Waals surface area contributed by atoms with Crippen molar-refractivity contribution in [2.45, 2.75) is 82.7 Å². The maximum absolute atomic E-state index is 13.8. The lowest BCUT2D eigenvalue weighted by molar-refractivity contribution is -0.0308. The highest BCUT2D eigenvalue weighted by Gasteiger charge is 2.40. The standard InChI is InChI=1S/C37H49ClN2O6S/c1-25-6-5-8-34(45-19-18-44-2)32-15-12-29(32)23-40-17-4-3-7-27-21-31(38)14-11-30(27)24-46-35-16-13-28(22-33(35)40)37(41)39-47(42,43)36(25)20-26-9-10-26/h5,8,11,13-14,16,21-22,25-26,29,32,34,36H,3-4,6-7,9-10,12,15,17-20,23-24H2,1-2H3,(H,39,41)/b8-5+/t25-,29-,32+,34-,36?/m0/s1. The van der Waals surface area contributed by atoms with Crippen LogP contribution in [0.15, 0.2) is 48.6 Å². The minimum absolute atomic E-state index is 0.0765. The number of amides is 1. The molecule has 2 aliphatic carbocycles. The summed E-state index contributed by atoms with van der Waals surface area (Å²) in [5, 5.41) is 0.0610. The number of fused-ring (bicyclic) bond motifs is 3. The summed E-state index contributed by atoms with van der Waals surface area (Å²) in [5.74, 6) is 1.05. The highest BCUT2D eigenvalue weighted by atomic mass is 35.5. The number of hydrogen-bond donors (Lipinski definition) is 1. The molecule has 5 atom stereocenters. The first-order chi connectivity index (χ1) is 22.7. The summed E-state index contributed by atoms with van der Waals surface area (Å²) in [4.78, 5) is 16.0. The summed E-state index contributed by atoms with van der Waals surface area (Å²) >= 11 is 6.36. The van der Waals surface area contributed by atoms with Crippen molar-refractivity contribution in [1.82, 2.24) is 4.72 Å². The Kier molecular flexibility index (Phi) is 11.2. The molecule has 1 amide bonds. The Balaban J connectivity index is 1.37. The fraction of sp³-hybridized carbons (Fsp3) is 0.595. The monoisotopic (exact) mass is 684 g/mol. The van der Waals surface area contributed by atoms with E-state index in [4.69, 9.17) is 25.8 Å². The maximum Gasteiger partial charge on any atom is 0.264 e. The van der Waals surface area contributed by atoms with Crippen LogP contribution in [0.1, 0.15) is 79.8 Å². The summed E-state index contributed by atoms with van der Waals surface area (Å²) in [6, 6.07) is 11.3. The van der Waals surface area contributed by atoms with Crippen LogP contribution < -0.4 is 14.4 Å². The SMILES string of the molecule is COCCO[C@H]1/C=C/C[C@H](C)C(CC2CC2)S(=O)(=O)NC(=O)c2ccc3c(c2)N(CCCCc2cc(Cl)ccc2CO3)C[C@@H]2CC[C@H]21. The average Bonchev–Trinajstić information content (AvgIpc) is 3.86. The van der Waals surface area contributed by atoms with E-state index in [-0.39, 0.29) is 12.0 Å². The van der Waals surface area contributed by atoms with Gasteiger partial charge in [-0.25, -0.2) is 13.1 Å². The molecule has 2 saturated carbocycles. The number of aryl methyl sites for hydroxylation is 1. The largest absolute Gasteiger partial charge is 0.487 e. The lowest BCUT2D eigenvalue weighted by atomic mass is 9.70. The second-order valence-corrected chi connectivity index (χ2v) is 16.3. The van der Waals surface area contributed by atoms with Crippen LogP contribution in [0.5, 0.6) is 5.75 Å².